The fourth-order valence-corrected chi connectivity index (χ4v) is 5.49. The second-order valence-electron chi connectivity index (χ2n) is 9.77. The number of carbonyl (C=O) groups excluding carboxylic acids is 1. The number of aromatic amines is 1. The van der Waals surface area contributed by atoms with E-state index in [-0.39, 0.29) is 22.2 Å². The minimum Gasteiger partial charge on any atom is -0.381 e. The molecule has 0 saturated carbocycles. The Morgan fingerprint density at radius 3 is 2.53 bits per heavy atom. The summed E-state index contributed by atoms with van der Waals surface area (Å²) in [4.78, 5) is 18.5. The van der Waals surface area contributed by atoms with E-state index in [0.717, 1.165) is 18.4 Å². The first kappa shape index (κ1) is 22.7. The van der Waals surface area contributed by atoms with Crippen LogP contribution in [0.15, 0.2) is 36.8 Å². The molecule has 6 rings (SSSR count). The first-order valence-electron chi connectivity index (χ1n) is 11.8. The van der Waals surface area contributed by atoms with E-state index in [0.29, 0.717) is 42.9 Å². The molecule has 2 saturated heterocycles. The van der Waals surface area contributed by atoms with Gasteiger partial charge in [-0.3, -0.25) is 24.5 Å². The van der Waals surface area contributed by atoms with Crippen LogP contribution in [0.5, 0.6) is 0 Å². The molecule has 2 aliphatic rings. The maximum atomic E-state index is 15.4. The Labute approximate surface area is 205 Å². The van der Waals surface area contributed by atoms with Gasteiger partial charge in [-0.1, -0.05) is 0 Å². The summed E-state index contributed by atoms with van der Waals surface area (Å²) < 4.78 is 37.9. The molecule has 3 aromatic heterocycles. The summed E-state index contributed by atoms with van der Waals surface area (Å²) in [5.41, 5.74) is 7.82. The number of pyridine rings is 1. The van der Waals surface area contributed by atoms with E-state index in [9.17, 15) is 4.79 Å². The van der Waals surface area contributed by atoms with Crippen LogP contribution in [-0.2, 0) is 16.6 Å². The highest BCUT2D eigenvalue weighted by atomic mass is 19.1. The summed E-state index contributed by atoms with van der Waals surface area (Å²) in [6.45, 7) is 2.66. The van der Waals surface area contributed by atoms with Gasteiger partial charge in [0.15, 0.2) is 0 Å². The van der Waals surface area contributed by atoms with E-state index in [4.69, 9.17) is 10.5 Å². The third-order valence-electron chi connectivity index (χ3n) is 7.33. The molecule has 0 radical (unpaired) electrons. The largest absolute Gasteiger partial charge is 0.381 e. The molecule has 0 bridgehead atoms. The molecule has 36 heavy (non-hydrogen) atoms. The Hall–Kier alpha value is -3.70. The lowest BCUT2D eigenvalue weighted by molar-refractivity contribution is -0.136. The topological polar surface area (TPSA) is 115 Å². The van der Waals surface area contributed by atoms with Crippen LogP contribution >= 0.6 is 0 Å². The number of ether oxygens (including phenoxy) is 1. The quantitative estimate of drug-likeness (QED) is 0.442. The number of nitrogens with one attached hydrogen (secondary N) is 1. The van der Waals surface area contributed by atoms with E-state index >= 15 is 8.78 Å². The van der Waals surface area contributed by atoms with Gasteiger partial charge in [0.05, 0.1) is 29.2 Å². The molecule has 11 heteroatoms. The van der Waals surface area contributed by atoms with E-state index < -0.39 is 23.6 Å². The fourth-order valence-electron chi connectivity index (χ4n) is 5.49. The molecule has 2 aliphatic heterocycles. The van der Waals surface area contributed by atoms with Crippen LogP contribution in [0.3, 0.4) is 0 Å². The second kappa shape index (κ2) is 8.45. The first-order chi connectivity index (χ1) is 17.3. The number of rotatable bonds is 5. The summed E-state index contributed by atoms with van der Waals surface area (Å²) in [6, 6.07) is 3.06. The summed E-state index contributed by atoms with van der Waals surface area (Å²) in [6.07, 6.45) is 6.76. The lowest BCUT2D eigenvalue weighted by Crippen LogP contribution is -2.60. The molecule has 3 N–H and O–H groups in total. The fraction of sp³-hybridized carbons (Fsp3) is 0.360. The lowest BCUT2D eigenvalue weighted by Gasteiger charge is -2.54. The van der Waals surface area contributed by atoms with Crippen molar-refractivity contribution in [3.8, 4) is 22.5 Å². The molecule has 9 nitrogen and oxygen atoms in total. The maximum Gasteiger partial charge on any atom is 0.239 e. The molecule has 1 spiro atoms. The van der Waals surface area contributed by atoms with Crippen molar-refractivity contribution in [2.24, 2.45) is 18.2 Å². The predicted molar refractivity (Wildman–Crippen MR) is 127 cm³/mol. The highest BCUT2D eigenvalue weighted by Gasteiger charge is 2.47. The number of fused-ring (bicyclic) bond motifs is 1. The Morgan fingerprint density at radius 1 is 1.17 bits per heavy atom. The number of hydrogen-bond donors (Lipinski definition) is 2. The van der Waals surface area contributed by atoms with Crippen LogP contribution in [0.1, 0.15) is 24.4 Å². The number of carbonyl (C=O) groups is 1. The summed E-state index contributed by atoms with van der Waals surface area (Å²) in [5.74, 6) is -2.26. The number of hydrogen-bond acceptors (Lipinski definition) is 6. The Bertz CT molecular complexity index is 1440. The van der Waals surface area contributed by atoms with Crippen molar-refractivity contribution in [1.82, 2.24) is 29.9 Å². The van der Waals surface area contributed by atoms with Crippen LogP contribution in [0.25, 0.3) is 33.4 Å². The number of nitrogens with zero attached hydrogens (tertiary/aromatic N) is 5. The van der Waals surface area contributed by atoms with E-state index in [1.165, 1.54) is 18.3 Å². The number of primary amides is 1. The zero-order valence-electron chi connectivity index (χ0n) is 19.7. The zero-order valence-corrected chi connectivity index (χ0v) is 19.7. The van der Waals surface area contributed by atoms with Crippen molar-refractivity contribution in [3.05, 3.63) is 54.0 Å². The van der Waals surface area contributed by atoms with Crippen molar-refractivity contribution in [3.63, 3.8) is 0 Å². The van der Waals surface area contributed by atoms with E-state index in [1.54, 1.807) is 30.2 Å². The van der Waals surface area contributed by atoms with Crippen molar-refractivity contribution in [2.45, 2.75) is 18.9 Å². The van der Waals surface area contributed by atoms with Gasteiger partial charge in [-0.15, -0.1) is 0 Å². The first-order valence-corrected chi connectivity index (χ1v) is 11.8. The van der Waals surface area contributed by atoms with Gasteiger partial charge < -0.3 is 10.5 Å². The highest BCUT2D eigenvalue weighted by Crippen LogP contribution is 2.44. The molecule has 2 fully saturated rings. The van der Waals surface area contributed by atoms with Crippen LogP contribution in [0, 0.1) is 17.0 Å². The average Bonchev–Trinajstić information content (AvgIpc) is 3.44. The minimum absolute atomic E-state index is 0.0822. The number of likely N-dealkylation sites (tertiary alicyclic amines) is 1. The summed E-state index contributed by atoms with van der Waals surface area (Å²) >= 11 is 0. The predicted octanol–water partition coefficient (Wildman–Crippen LogP) is 2.94. The standard InChI is InChI=1S/C25H25F2N7O2/c1-33-11-15(9-30-33)22-16-8-19(29-10-20(16)31-32-22)21-17(26)6-14(7-18(21)27)23(24(28)35)34-12-25(13-34)2-4-36-5-3-25/h6-11,23H,2-5,12-13H2,1H3,(H2,28,35)(H,31,32). The smallest absolute Gasteiger partial charge is 0.239 e. The number of amides is 1. The minimum atomic E-state index is -0.905. The van der Waals surface area contributed by atoms with Crippen molar-refractivity contribution in [2.75, 3.05) is 26.3 Å². The molecule has 1 aromatic carbocycles. The van der Waals surface area contributed by atoms with Gasteiger partial charge in [0, 0.05) is 55.9 Å². The summed E-state index contributed by atoms with van der Waals surface area (Å²) in [7, 11) is 1.79. The van der Waals surface area contributed by atoms with Crippen LogP contribution in [-0.4, -0.2) is 62.1 Å². The Balaban J connectivity index is 1.34. The molecule has 5 heterocycles. The van der Waals surface area contributed by atoms with Gasteiger partial charge in [-0.25, -0.2) is 8.78 Å². The number of halogens is 2. The molecule has 1 amide bonds. The Morgan fingerprint density at radius 2 is 1.89 bits per heavy atom. The normalized spacial score (nSPS) is 18.4. The molecule has 0 aliphatic carbocycles. The zero-order chi connectivity index (χ0) is 25.0. The molecule has 1 unspecified atom stereocenters. The number of benzene rings is 1. The molecular weight excluding hydrogens is 468 g/mol. The molecule has 1 atom stereocenters. The third kappa shape index (κ3) is 3.75. The van der Waals surface area contributed by atoms with Gasteiger partial charge in [-0.2, -0.15) is 10.2 Å². The molecule has 4 aromatic rings. The SMILES string of the molecule is Cn1cc(-c2n[nH]c3cnc(-c4c(F)cc(C(C(N)=O)N5CC6(CCOCC6)C5)cc4F)cc23)cn1. The number of nitrogens with two attached hydrogens (primary N) is 1. The van der Waals surface area contributed by atoms with Crippen molar-refractivity contribution < 1.29 is 18.3 Å². The van der Waals surface area contributed by atoms with Gasteiger partial charge in [0.25, 0.3) is 0 Å². The molecular formula is C25H25F2N7O2. The van der Waals surface area contributed by atoms with E-state index in [2.05, 4.69) is 20.3 Å². The second-order valence-corrected chi connectivity index (χ2v) is 9.77. The van der Waals surface area contributed by atoms with Crippen LogP contribution < -0.4 is 5.73 Å². The van der Waals surface area contributed by atoms with Gasteiger partial charge in [0.1, 0.15) is 23.4 Å². The lowest BCUT2D eigenvalue weighted by atomic mass is 9.72. The Kier molecular flexibility index (Phi) is 5.34. The van der Waals surface area contributed by atoms with Crippen LogP contribution in [0.4, 0.5) is 8.78 Å². The van der Waals surface area contributed by atoms with E-state index in [1.807, 2.05) is 4.90 Å². The average molecular weight is 494 g/mol. The third-order valence-corrected chi connectivity index (χ3v) is 7.33. The van der Waals surface area contributed by atoms with Gasteiger partial charge >= 0.3 is 0 Å². The summed E-state index contributed by atoms with van der Waals surface area (Å²) in [5, 5.41) is 12.0. The van der Waals surface area contributed by atoms with Gasteiger partial charge in [-0.05, 0) is 36.6 Å². The van der Waals surface area contributed by atoms with Crippen LogP contribution in [0.2, 0.25) is 0 Å². The number of aryl methyl sites for hydroxylation is 1. The highest BCUT2D eigenvalue weighted by molar-refractivity contribution is 5.94. The monoisotopic (exact) mass is 493 g/mol. The molecule has 186 valence electrons. The van der Waals surface area contributed by atoms with Crippen molar-refractivity contribution >= 4 is 16.8 Å². The van der Waals surface area contributed by atoms with Crippen molar-refractivity contribution in [1.29, 1.82) is 0 Å². The number of H-pyrrole nitrogens is 1. The maximum absolute atomic E-state index is 15.4. The number of aromatic nitrogens is 5. The van der Waals surface area contributed by atoms with Gasteiger partial charge in [0.2, 0.25) is 5.91 Å².